The first-order chi connectivity index (χ1) is 14.9. The average Bonchev–Trinajstić information content (AvgIpc) is 3.35. The molecule has 0 radical (unpaired) electrons. The molecule has 0 aliphatic carbocycles. The van der Waals surface area contributed by atoms with Crippen LogP contribution in [0.5, 0.6) is 5.75 Å². The van der Waals surface area contributed by atoms with Crippen molar-refractivity contribution in [2.45, 2.75) is 33.5 Å². The summed E-state index contributed by atoms with van der Waals surface area (Å²) in [6.07, 6.45) is 0. The van der Waals surface area contributed by atoms with Gasteiger partial charge in [-0.25, -0.2) is 13.9 Å². The van der Waals surface area contributed by atoms with Gasteiger partial charge in [-0.1, -0.05) is 26.0 Å². The molecule has 9 nitrogen and oxygen atoms in total. The van der Waals surface area contributed by atoms with Crippen LogP contribution in [-0.2, 0) is 24.4 Å². The second kappa shape index (κ2) is 8.38. The van der Waals surface area contributed by atoms with Gasteiger partial charge >= 0.3 is 5.69 Å². The zero-order chi connectivity index (χ0) is 22.1. The van der Waals surface area contributed by atoms with Gasteiger partial charge in [0.05, 0.1) is 12.6 Å². The maximum absolute atomic E-state index is 13.0. The Morgan fingerprint density at radius 2 is 1.94 bits per heavy atom. The first kappa shape index (κ1) is 20.9. The molecule has 0 saturated carbocycles. The summed E-state index contributed by atoms with van der Waals surface area (Å²) in [5.74, 6) is 0.823. The van der Waals surface area contributed by atoms with Crippen LogP contribution in [0.25, 0.3) is 16.0 Å². The van der Waals surface area contributed by atoms with E-state index in [9.17, 15) is 14.4 Å². The number of nitrogens with zero attached hydrogens (tertiary/aromatic N) is 4. The second-order valence-electron chi connectivity index (χ2n) is 7.65. The van der Waals surface area contributed by atoms with Crippen LogP contribution in [0.1, 0.15) is 19.4 Å². The number of aromatic nitrogens is 4. The molecule has 0 aliphatic rings. The quantitative estimate of drug-likeness (QED) is 0.472. The van der Waals surface area contributed by atoms with Crippen molar-refractivity contribution in [3.63, 3.8) is 0 Å². The van der Waals surface area contributed by atoms with Crippen molar-refractivity contribution >= 4 is 33.2 Å². The fourth-order valence-electron chi connectivity index (χ4n) is 3.40. The lowest BCUT2D eigenvalue weighted by Crippen LogP contribution is -2.32. The Hall–Kier alpha value is -3.40. The third-order valence-electron chi connectivity index (χ3n) is 4.88. The normalized spacial score (nSPS) is 11.5. The summed E-state index contributed by atoms with van der Waals surface area (Å²) in [6, 6.07) is 9.07. The fourth-order valence-corrected chi connectivity index (χ4v) is 4.23. The van der Waals surface area contributed by atoms with Crippen LogP contribution in [-0.4, -0.2) is 31.8 Å². The van der Waals surface area contributed by atoms with Crippen molar-refractivity contribution in [3.05, 3.63) is 62.1 Å². The topological polar surface area (TPSA) is 99.6 Å². The Bertz CT molecular complexity index is 1360. The highest BCUT2D eigenvalue weighted by molar-refractivity contribution is 7.17. The van der Waals surface area contributed by atoms with Gasteiger partial charge in [0, 0.05) is 13.1 Å². The maximum Gasteiger partial charge on any atom is 0.352 e. The van der Waals surface area contributed by atoms with E-state index in [1.165, 1.54) is 20.3 Å². The standard InChI is InChI=1S/C21H23N5O4S/c1-13(2)11-24-19(28)18-16(8-9-31-18)26-20(24)23-25(21(26)29)12-17(27)22-10-14-4-6-15(30-3)7-5-14/h4-9,13H,10-12H2,1-3H3,(H,22,27). The van der Waals surface area contributed by atoms with Crippen LogP contribution >= 0.6 is 11.3 Å². The Kier molecular flexibility index (Phi) is 5.64. The molecule has 4 rings (SSSR count). The van der Waals surface area contributed by atoms with Crippen LogP contribution < -0.4 is 21.3 Å². The molecule has 0 aliphatic heterocycles. The summed E-state index contributed by atoms with van der Waals surface area (Å²) in [5.41, 5.74) is 0.796. The summed E-state index contributed by atoms with van der Waals surface area (Å²) in [4.78, 5) is 38.4. The van der Waals surface area contributed by atoms with E-state index in [2.05, 4.69) is 10.4 Å². The predicted molar refractivity (Wildman–Crippen MR) is 119 cm³/mol. The third kappa shape index (κ3) is 3.98. The van der Waals surface area contributed by atoms with Gasteiger partial charge in [-0.15, -0.1) is 16.4 Å². The molecule has 1 N–H and O–H groups in total. The van der Waals surface area contributed by atoms with E-state index < -0.39 is 5.69 Å². The van der Waals surface area contributed by atoms with Gasteiger partial charge in [0.2, 0.25) is 11.7 Å². The first-order valence-corrected chi connectivity index (χ1v) is 10.8. The van der Waals surface area contributed by atoms with Crippen molar-refractivity contribution in [3.8, 4) is 5.75 Å². The number of hydrogen-bond acceptors (Lipinski definition) is 6. The van der Waals surface area contributed by atoms with Gasteiger partial charge in [0.15, 0.2) is 0 Å². The zero-order valence-corrected chi connectivity index (χ0v) is 18.3. The molecule has 4 aromatic rings. The highest BCUT2D eigenvalue weighted by Gasteiger charge is 2.19. The van der Waals surface area contributed by atoms with Crippen molar-refractivity contribution in [2.75, 3.05) is 7.11 Å². The first-order valence-electron chi connectivity index (χ1n) is 9.88. The van der Waals surface area contributed by atoms with Gasteiger partial charge in [0.25, 0.3) is 5.56 Å². The third-order valence-corrected chi connectivity index (χ3v) is 5.77. The van der Waals surface area contributed by atoms with E-state index in [-0.39, 0.29) is 29.7 Å². The van der Waals surface area contributed by atoms with E-state index in [0.717, 1.165) is 16.0 Å². The number of carbonyl (C=O) groups excluding carboxylic acids is 1. The van der Waals surface area contributed by atoms with Crippen molar-refractivity contribution in [1.82, 2.24) is 24.1 Å². The maximum atomic E-state index is 13.0. The van der Waals surface area contributed by atoms with Crippen LogP contribution in [0.3, 0.4) is 0 Å². The van der Waals surface area contributed by atoms with Gasteiger partial charge in [0.1, 0.15) is 17.0 Å². The van der Waals surface area contributed by atoms with Crippen molar-refractivity contribution in [1.29, 1.82) is 0 Å². The van der Waals surface area contributed by atoms with Crippen LogP contribution in [0.2, 0.25) is 0 Å². The monoisotopic (exact) mass is 441 g/mol. The van der Waals surface area contributed by atoms with Crippen molar-refractivity contribution in [2.24, 2.45) is 5.92 Å². The Morgan fingerprint density at radius 3 is 2.61 bits per heavy atom. The lowest BCUT2D eigenvalue weighted by Gasteiger charge is -2.09. The molecule has 0 bridgehead atoms. The highest BCUT2D eigenvalue weighted by Crippen LogP contribution is 2.17. The van der Waals surface area contributed by atoms with Crippen molar-refractivity contribution < 1.29 is 9.53 Å². The molecule has 1 amide bonds. The minimum absolute atomic E-state index is 0.174. The van der Waals surface area contributed by atoms with Crippen LogP contribution in [0.4, 0.5) is 0 Å². The number of rotatable bonds is 7. The zero-order valence-electron chi connectivity index (χ0n) is 17.5. The van der Waals surface area contributed by atoms with Gasteiger partial charge in [-0.3, -0.25) is 14.2 Å². The molecule has 31 heavy (non-hydrogen) atoms. The minimum atomic E-state index is -0.449. The molecule has 0 saturated heterocycles. The summed E-state index contributed by atoms with van der Waals surface area (Å²) in [6.45, 7) is 4.48. The van der Waals surface area contributed by atoms with Gasteiger partial charge in [-0.05, 0) is 35.1 Å². The van der Waals surface area contributed by atoms with Gasteiger partial charge in [-0.2, -0.15) is 0 Å². The molecule has 0 atom stereocenters. The number of hydrogen-bond donors (Lipinski definition) is 1. The fraction of sp³-hybridized carbons (Fsp3) is 0.333. The van der Waals surface area contributed by atoms with E-state index in [4.69, 9.17) is 4.74 Å². The van der Waals surface area contributed by atoms with E-state index in [0.29, 0.717) is 23.3 Å². The minimum Gasteiger partial charge on any atom is -0.497 e. The molecule has 0 spiro atoms. The lowest BCUT2D eigenvalue weighted by molar-refractivity contribution is -0.122. The number of amides is 1. The molecule has 3 heterocycles. The number of nitrogens with one attached hydrogen (secondary N) is 1. The van der Waals surface area contributed by atoms with E-state index in [1.54, 1.807) is 18.6 Å². The molecular formula is C21H23N5O4S. The van der Waals surface area contributed by atoms with E-state index in [1.807, 2.05) is 38.1 Å². The summed E-state index contributed by atoms with van der Waals surface area (Å²) in [5, 5.41) is 8.90. The smallest absolute Gasteiger partial charge is 0.352 e. The molecule has 0 fully saturated rings. The second-order valence-corrected chi connectivity index (χ2v) is 8.56. The summed E-state index contributed by atoms with van der Waals surface area (Å²) < 4.78 is 9.64. The molecule has 10 heteroatoms. The Balaban J connectivity index is 1.63. The SMILES string of the molecule is COc1ccc(CNC(=O)Cn2nc3n(CC(C)C)c(=O)c4sccc4n3c2=O)cc1. The summed E-state index contributed by atoms with van der Waals surface area (Å²) >= 11 is 1.29. The molecule has 0 unspecified atom stereocenters. The summed E-state index contributed by atoms with van der Waals surface area (Å²) in [7, 11) is 1.59. The average molecular weight is 442 g/mol. The molecule has 3 aromatic heterocycles. The highest BCUT2D eigenvalue weighted by atomic mass is 32.1. The number of carbonyl (C=O) groups is 1. The van der Waals surface area contributed by atoms with E-state index >= 15 is 0 Å². The largest absolute Gasteiger partial charge is 0.497 e. The lowest BCUT2D eigenvalue weighted by atomic mass is 10.2. The van der Waals surface area contributed by atoms with Gasteiger partial charge < -0.3 is 10.1 Å². The number of ether oxygens (including phenoxy) is 1. The van der Waals surface area contributed by atoms with Crippen LogP contribution in [0, 0.1) is 5.92 Å². The molecule has 1 aromatic carbocycles. The Morgan fingerprint density at radius 1 is 1.19 bits per heavy atom. The molecular weight excluding hydrogens is 418 g/mol. The number of fused-ring (bicyclic) bond motifs is 3. The number of benzene rings is 1. The predicted octanol–water partition coefficient (Wildman–Crippen LogP) is 1.85. The molecule has 162 valence electrons. The Labute approximate surface area is 181 Å². The number of methoxy groups -OCH3 is 1. The van der Waals surface area contributed by atoms with Crippen LogP contribution in [0.15, 0.2) is 45.3 Å². The number of thiophene rings is 1.